The molecule has 3 atom stereocenters. The van der Waals surface area contributed by atoms with Crippen LogP contribution in [-0.4, -0.2) is 38.1 Å². The monoisotopic (exact) mass is 268 g/mol. The first kappa shape index (κ1) is 17.0. The van der Waals surface area contributed by atoms with Crippen LogP contribution in [0, 0.1) is 17.3 Å². The van der Waals surface area contributed by atoms with E-state index in [1.165, 1.54) is 45.2 Å². The van der Waals surface area contributed by atoms with Crippen LogP contribution in [0.2, 0.25) is 0 Å². The first-order chi connectivity index (χ1) is 8.88. The molecule has 0 bridgehead atoms. The second kappa shape index (κ2) is 7.64. The SMILES string of the molecule is CCCCN(C)CC1CC(C(C)(C)C)CCC1NC. The van der Waals surface area contributed by atoms with Crippen molar-refractivity contribution in [3.05, 3.63) is 0 Å². The van der Waals surface area contributed by atoms with Crippen molar-refractivity contribution in [3.8, 4) is 0 Å². The molecule has 2 nitrogen and oxygen atoms in total. The Balaban J connectivity index is 2.55. The number of nitrogens with one attached hydrogen (secondary N) is 1. The second-order valence-electron chi connectivity index (χ2n) is 7.65. The van der Waals surface area contributed by atoms with Crippen LogP contribution in [0.15, 0.2) is 0 Å². The summed E-state index contributed by atoms with van der Waals surface area (Å²) in [5.74, 6) is 1.71. The van der Waals surface area contributed by atoms with Crippen LogP contribution < -0.4 is 5.32 Å². The fraction of sp³-hybridized carbons (Fsp3) is 1.00. The van der Waals surface area contributed by atoms with E-state index < -0.39 is 0 Å². The van der Waals surface area contributed by atoms with Gasteiger partial charge in [-0.05, 0) is 63.6 Å². The third-order valence-corrected chi connectivity index (χ3v) is 5.02. The van der Waals surface area contributed by atoms with Gasteiger partial charge in [0.2, 0.25) is 0 Å². The summed E-state index contributed by atoms with van der Waals surface area (Å²) in [5, 5.41) is 3.56. The lowest BCUT2D eigenvalue weighted by Crippen LogP contribution is -2.45. The summed E-state index contributed by atoms with van der Waals surface area (Å²) in [4.78, 5) is 2.55. The molecule has 1 rings (SSSR count). The molecule has 0 aromatic rings. The number of unbranched alkanes of at least 4 members (excludes halogenated alkanes) is 1. The third-order valence-electron chi connectivity index (χ3n) is 5.02. The molecule has 0 spiro atoms. The predicted molar refractivity (Wildman–Crippen MR) is 85.5 cm³/mol. The van der Waals surface area contributed by atoms with E-state index in [2.05, 4.69) is 52.0 Å². The Hall–Kier alpha value is -0.0800. The molecular formula is C17H36N2. The van der Waals surface area contributed by atoms with E-state index in [9.17, 15) is 0 Å². The lowest BCUT2D eigenvalue weighted by atomic mass is 9.67. The van der Waals surface area contributed by atoms with Crippen molar-refractivity contribution in [2.75, 3.05) is 27.2 Å². The van der Waals surface area contributed by atoms with Gasteiger partial charge in [0.05, 0.1) is 0 Å². The Morgan fingerprint density at radius 2 is 1.89 bits per heavy atom. The van der Waals surface area contributed by atoms with Gasteiger partial charge in [0.25, 0.3) is 0 Å². The number of hydrogen-bond donors (Lipinski definition) is 1. The minimum absolute atomic E-state index is 0.471. The Kier molecular flexibility index (Phi) is 6.82. The molecule has 0 aromatic heterocycles. The first-order valence-corrected chi connectivity index (χ1v) is 8.24. The van der Waals surface area contributed by atoms with Crippen molar-refractivity contribution in [2.45, 2.75) is 65.8 Å². The third kappa shape index (κ3) is 5.43. The molecule has 0 amide bonds. The number of hydrogen-bond acceptors (Lipinski definition) is 2. The van der Waals surface area contributed by atoms with Crippen LogP contribution in [-0.2, 0) is 0 Å². The molecule has 19 heavy (non-hydrogen) atoms. The van der Waals surface area contributed by atoms with Gasteiger partial charge in [-0.25, -0.2) is 0 Å². The lowest BCUT2D eigenvalue weighted by molar-refractivity contribution is 0.0958. The van der Waals surface area contributed by atoms with E-state index in [0.29, 0.717) is 5.41 Å². The Morgan fingerprint density at radius 1 is 1.21 bits per heavy atom. The zero-order valence-corrected chi connectivity index (χ0v) is 14.1. The summed E-state index contributed by atoms with van der Waals surface area (Å²) < 4.78 is 0. The van der Waals surface area contributed by atoms with Gasteiger partial charge >= 0.3 is 0 Å². The van der Waals surface area contributed by atoms with E-state index in [0.717, 1.165) is 17.9 Å². The maximum Gasteiger partial charge on any atom is 0.0105 e. The van der Waals surface area contributed by atoms with E-state index in [-0.39, 0.29) is 0 Å². The van der Waals surface area contributed by atoms with Gasteiger partial charge in [-0.2, -0.15) is 0 Å². The molecule has 3 unspecified atom stereocenters. The molecule has 1 N–H and O–H groups in total. The van der Waals surface area contributed by atoms with Gasteiger partial charge in [-0.15, -0.1) is 0 Å². The topological polar surface area (TPSA) is 15.3 Å². The first-order valence-electron chi connectivity index (χ1n) is 8.24. The van der Waals surface area contributed by atoms with Crippen LogP contribution >= 0.6 is 0 Å². The van der Waals surface area contributed by atoms with Crippen molar-refractivity contribution in [3.63, 3.8) is 0 Å². The van der Waals surface area contributed by atoms with Gasteiger partial charge in [0.1, 0.15) is 0 Å². The Labute approximate surface area is 121 Å². The molecule has 1 fully saturated rings. The van der Waals surface area contributed by atoms with E-state index in [1.54, 1.807) is 0 Å². The van der Waals surface area contributed by atoms with Gasteiger partial charge in [-0.3, -0.25) is 0 Å². The van der Waals surface area contributed by atoms with Crippen molar-refractivity contribution >= 4 is 0 Å². The molecule has 0 aliphatic heterocycles. The fourth-order valence-electron chi connectivity index (χ4n) is 3.55. The normalized spacial score (nSPS) is 28.9. The van der Waals surface area contributed by atoms with Crippen molar-refractivity contribution in [1.82, 2.24) is 10.2 Å². The highest BCUT2D eigenvalue weighted by Crippen LogP contribution is 2.40. The average molecular weight is 268 g/mol. The van der Waals surface area contributed by atoms with Gasteiger partial charge in [0.15, 0.2) is 0 Å². The van der Waals surface area contributed by atoms with Gasteiger partial charge < -0.3 is 10.2 Å². The van der Waals surface area contributed by atoms with Crippen molar-refractivity contribution in [1.29, 1.82) is 0 Å². The summed E-state index contributed by atoms with van der Waals surface area (Å²) in [6.45, 7) is 12.0. The molecule has 0 heterocycles. The summed E-state index contributed by atoms with van der Waals surface area (Å²) in [5.41, 5.74) is 0.471. The highest BCUT2D eigenvalue weighted by Gasteiger charge is 2.35. The number of nitrogens with zero attached hydrogens (tertiary/aromatic N) is 1. The zero-order chi connectivity index (χ0) is 14.5. The second-order valence-corrected chi connectivity index (χ2v) is 7.65. The molecule has 1 saturated carbocycles. The maximum absolute atomic E-state index is 3.56. The van der Waals surface area contributed by atoms with E-state index >= 15 is 0 Å². The largest absolute Gasteiger partial charge is 0.317 e. The minimum atomic E-state index is 0.471. The van der Waals surface area contributed by atoms with Gasteiger partial charge in [0, 0.05) is 12.6 Å². The lowest BCUT2D eigenvalue weighted by Gasteiger charge is -2.43. The zero-order valence-electron chi connectivity index (χ0n) is 14.1. The standard InChI is InChI=1S/C17H36N2/c1-7-8-11-19(6)13-14-12-15(17(2,3)4)9-10-16(14)18-5/h14-16,18H,7-13H2,1-6H3. The van der Waals surface area contributed by atoms with Gasteiger partial charge in [-0.1, -0.05) is 34.1 Å². The van der Waals surface area contributed by atoms with Crippen LogP contribution in [0.25, 0.3) is 0 Å². The molecule has 0 aromatic carbocycles. The highest BCUT2D eigenvalue weighted by molar-refractivity contribution is 4.89. The fourth-order valence-corrected chi connectivity index (χ4v) is 3.55. The predicted octanol–water partition coefficient (Wildman–Crippen LogP) is 3.77. The molecule has 0 saturated heterocycles. The van der Waals surface area contributed by atoms with Crippen LogP contribution in [0.3, 0.4) is 0 Å². The Bertz CT molecular complexity index is 244. The summed E-state index contributed by atoms with van der Waals surface area (Å²) in [6.07, 6.45) is 6.77. The summed E-state index contributed by atoms with van der Waals surface area (Å²) >= 11 is 0. The molecule has 1 aliphatic carbocycles. The van der Waals surface area contributed by atoms with Crippen molar-refractivity contribution in [2.24, 2.45) is 17.3 Å². The number of rotatable bonds is 6. The van der Waals surface area contributed by atoms with Crippen LogP contribution in [0.4, 0.5) is 0 Å². The smallest absolute Gasteiger partial charge is 0.0105 e. The highest BCUT2D eigenvalue weighted by atomic mass is 15.1. The average Bonchev–Trinajstić information content (AvgIpc) is 2.35. The van der Waals surface area contributed by atoms with Crippen molar-refractivity contribution < 1.29 is 0 Å². The van der Waals surface area contributed by atoms with Crippen LogP contribution in [0.5, 0.6) is 0 Å². The molecule has 1 aliphatic rings. The molecule has 2 heteroatoms. The maximum atomic E-state index is 3.56. The van der Waals surface area contributed by atoms with E-state index in [1.807, 2.05) is 0 Å². The summed E-state index contributed by atoms with van der Waals surface area (Å²) in [7, 11) is 4.43. The molecule has 114 valence electrons. The molecule has 0 radical (unpaired) electrons. The van der Waals surface area contributed by atoms with Crippen LogP contribution in [0.1, 0.15) is 59.8 Å². The van der Waals surface area contributed by atoms with E-state index in [4.69, 9.17) is 0 Å². The summed E-state index contributed by atoms with van der Waals surface area (Å²) in [6, 6.07) is 0.725. The molecular weight excluding hydrogens is 232 g/mol. The quantitative estimate of drug-likeness (QED) is 0.789. The Morgan fingerprint density at radius 3 is 2.42 bits per heavy atom. The minimum Gasteiger partial charge on any atom is -0.317 e.